The lowest BCUT2D eigenvalue weighted by Gasteiger charge is -2.33. The second-order valence-corrected chi connectivity index (χ2v) is 8.86. The number of nitrogens with zero attached hydrogens (tertiary/aromatic N) is 1. The quantitative estimate of drug-likeness (QED) is 0.786. The van der Waals surface area contributed by atoms with E-state index >= 15 is 0 Å². The van der Waals surface area contributed by atoms with Crippen LogP contribution < -0.4 is 5.32 Å². The van der Waals surface area contributed by atoms with Crippen molar-refractivity contribution in [3.05, 3.63) is 71.3 Å². The maximum atomic E-state index is 13.2. The number of ether oxygens (including phenoxy) is 1. The minimum atomic E-state index is -0.510. The first-order valence-electron chi connectivity index (χ1n) is 10.7. The van der Waals surface area contributed by atoms with E-state index in [2.05, 4.69) is 17.4 Å². The molecular weight excluding hydrogens is 376 g/mol. The van der Waals surface area contributed by atoms with E-state index < -0.39 is 11.7 Å². The number of likely N-dealkylation sites (tertiary alicyclic amines) is 1. The van der Waals surface area contributed by atoms with Gasteiger partial charge in [-0.15, -0.1) is 0 Å². The summed E-state index contributed by atoms with van der Waals surface area (Å²) in [6, 6.07) is 18.3. The number of piperidine rings is 1. The largest absolute Gasteiger partial charge is 0.444 e. The Bertz CT molecular complexity index is 850. The van der Waals surface area contributed by atoms with Crippen molar-refractivity contribution in [2.75, 3.05) is 13.1 Å². The van der Waals surface area contributed by atoms with Crippen LogP contribution in [0.25, 0.3) is 0 Å². The third kappa shape index (κ3) is 6.34. The normalized spacial score (nSPS) is 15.0. The molecule has 0 unspecified atom stereocenters. The minimum Gasteiger partial charge on any atom is -0.444 e. The second kappa shape index (κ2) is 9.79. The van der Waals surface area contributed by atoms with Gasteiger partial charge in [0.05, 0.1) is 0 Å². The summed E-state index contributed by atoms with van der Waals surface area (Å²) in [5.74, 6) is 0.0781. The topological polar surface area (TPSA) is 58.6 Å². The number of benzene rings is 2. The molecule has 1 N–H and O–H groups in total. The molecule has 0 bridgehead atoms. The van der Waals surface area contributed by atoms with Gasteiger partial charge in [-0.05, 0) is 63.6 Å². The number of nitrogens with one attached hydrogen (secondary N) is 1. The molecule has 0 aromatic heterocycles. The number of carbonyl (C=O) groups is 2. The molecule has 30 heavy (non-hydrogen) atoms. The highest BCUT2D eigenvalue weighted by atomic mass is 16.6. The van der Waals surface area contributed by atoms with Crippen LogP contribution in [0, 0.1) is 0 Å². The van der Waals surface area contributed by atoms with Crippen molar-refractivity contribution in [3.8, 4) is 0 Å². The summed E-state index contributed by atoms with van der Waals surface area (Å²) in [4.78, 5) is 27.0. The van der Waals surface area contributed by atoms with Crippen LogP contribution in [0.1, 0.15) is 55.1 Å². The lowest BCUT2D eigenvalue weighted by Crippen LogP contribution is -2.47. The molecule has 0 atom stereocenters. The fourth-order valence-corrected chi connectivity index (χ4v) is 3.74. The molecule has 160 valence electrons. The first-order chi connectivity index (χ1) is 14.3. The molecule has 2 amide bonds. The molecule has 5 nitrogen and oxygen atoms in total. The maximum Gasteiger partial charge on any atom is 0.407 e. The predicted octanol–water partition coefficient (Wildman–Crippen LogP) is 4.60. The summed E-state index contributed by atoms with van der Waals surface area (Å²) >= 11 is 0. The number of hydrogen-bond donors (Lipinski definition) is 1. The van der Waals surface area contributed by atoms with Crippen molar-refractivity contribution < 1.29 is 14.3 Å². The number of rotatable bonds is 5. The Morgan fingerprint density at radius 1 is 0.967 bits per heavy atom. The van der Waals surface area contributed by atoms with Gasteiger partial charge >= 0.3 is 6.09 Å². The highest BCUT2D eigenvalue weighted by molar-refractivity contribution is 5.95. The molecule has 2 aromatic carbocycles. The Morgan fingerprint density at radius 2 is 1.60 bits per heavy atom. The average Bonchev–Trinajstić information content (AvgIpc) is 2.72. The second-order valence-electron chi connectivity index (χ2n) is 8.86. The number of aryl methyl sites for hydroxylation is 2. The summed E-state index contributed by atoms with van der Waals surface area (Å²) in [6.07, 6.45) is 2.82. The fourth-order valence-electron chi connectivity index (χ4n) is 3.74. The van der Waals surface area contributed by atoms with Crippen LogP contribution in [0.2, 0.25) is 0 Å². The molecule has 0 saturated carbocycles. The van der Waals surface area contributed by atoms with E-state index in [1.165, 1.54) is 5.56 Å². The Hall–Kier alpha value is -2.82. The average molecular weight is 409 g/mol. The first-order valence-corrected chi connectivity index (χ1v) is 10.7. The van der Waals surface area contributed by atoms with Gasteiger partial charge in [-0.2, -0.15) is 0 Å². The van der Waals surface area contributed by atoms with Crippen LogP contribution in [-0.2, 0) is 17.6 Å². The van der Waals surface area contributed by atoms with Crippen LogP contribution in [0.15, 0.2) is 54.6 Å². The molecule has 1 fully saturated rings. The van der Waals surface area contributed by atoms with Crippen molar-refractivity contribution >= 4 is 12.0 Å². The standard InChI is InChI=1S/C25H32N2O3/c1-25(2,3)30-24(29)26-21-15-17-27(18-16-21)23(28)22-12-8-7-11-20(22)14-13-19-9-5-4-6-10-19/h4-12,21H,13-18H2,1-3H3,(H,26,29). The summed E-state index contributed by atoms with van der Waals surface area (Å²) in [6.45, 7) is 6.81. The number of alkyl carbamates (subject to hydrolysis) is 1. The van der Waals surface area contributed by atoms with E-state index in [4.69, 9.17) is 4.74 Å². The number of carbonyl (C=O) groups excluding carboxylic acids is 2. The zero-order valence-corrected chi connectivity index (χ0v) is 18.2. The van der Waals surface area contributed by atoms with Crippen molar-refractivity contribution in [2.24, 2.45) is 0 Å². The van der Waals surface area contributed by atoms with Gasteiger partial charge in [0, 0.05) is 24.7 Å². The minimum absolute atomic E-state index is 0.0391. The van der Waals surface area contributed by atoms with Gasteiger partial charge in [0.15, 0.2) is 0 Å². The predicted molar refractivity (Wildman–Crippen MR) is 119 cm³/mol. The maximum absolute atomic E-state index is 13.2. The molecule has 3 rings (SSSR count). The fraction of sp³-hybridized carbons (Fsp3) is 0.440. The van der Waals surface area contributed by atoms with E-state index in [-0.39, 0.29) is 11.9 Å². The van der Waals surface area contributed by atoms with E-state index in [0.717, 1.165) is 36.8 Å². The Kier molecular flexibility index (Phi) is 7.14. The molecule has 0 aliphatic carbocycles. The molecule has 0 radical (unpaired) electrons. The Morgan fingerprint density at radius 3 is 2.27 bits per heavy atom. The number of hydrogen-bond acceptors (Lipinski definition) is 3. The van der Waals surface area contributed by atoms with Gasteiger partial charge in [0.2, 0.25) is 0 Å². The van der Waals surface area contributed by atoms with Gasteiger partial charge in [-0.3, -0.25) is 4.79 Å². The van der Waals surface area contributed by atoms with Crippen molar-refractivity contribution in [2.45, 2.75) is 58.1 Å². The number of amides is 2. The summed E-state index contributed by atoms with van der Waals surface area (Å²) in [5.41, 5.74) is 2.63. The third-order valence-corrected chi connectivity index (χ3v) is 5.28. The van der Waals surface area contributed by atoms with Gasteiger partial charge < -0.3 is 15.0 Å². The molecular formula is C25H32N2O3. The molecule has 0 spiro atoms. The lowest BCUT2D eigenvalue weighted by molar-refractivity contribution is 0.0473. The zero-order chi connectivity index (χ0) is 21.6. The van der Waals surface area contributed by atoms with Crippen LogP contribution in [-0.4, -0.2) is 41.6 Å². The van der Waals surface area contributed by atoms with Crippen LogP contribution in [0.4, 0.5) is 4.79 Å². The summed E-state index contributed by atoms with van der Waals surface area (Å²) in [7, 11) is 0. The molecule has 1 saturated heterocycles. The molecule has 1 aliphatic rings. The Labute approximate surface area is 179 Å². The van der Waals surface area contributed by atoms with Gasteiger partial charge in [-0.25, -0.2) is 4.79 Å². The van der Waals surface area contributed by atoms with Crippen molar-refractivity contribution in [1.82, 2.24) is 10.2 Å². The van der Waals surface area contributed by atoms with Gasteiger partial charge in [-0.1, -0.05) is 48.5 Å². The van der Waals surface area contributed by atoms with Crippen LogP contribution in [0.3, 0.4) is 0 Å². The van der Waals surface area contributed by atoms with Crippen molar-refractivity contribution in [3.63, 3.8) is 0 Å². The first kappa shape index (κ1) is 21.9. The van der Waals surface area contributed by atoms with Crippen LogP contribution >= 0.6 is 0 Å². The zero-order valence-electron chi connectivity index (χ0n) is 18.2. The molecule has 5 heteroatoms. The van der Waals surface area contributed by atoms with Crippen molar-refractivity contribution in [1.29, 1.82) is 0 Å². The van der Waals surface area contributed by atoms with E-state index in [0.29, 0.717) is 13.1 Å². The Balaban J connectivity index is 1.56. The third-order valence-electron chi connectivity index (χ3n) is 5.28. The SMILES string of the molecule is CC(C)(C)OC(=O)NC1CCN(C(=O)c2ccccc2CCc2ccccc2)CC1. The van der Waals surface area contributed by atoms with Crippen LogP contribution in [0.5, 0.6) is 0 Å². The van der Waals surface area contributed by atoms with E-state index in [1.807, 2.05) is 68.1 Å². The van der Waals surface area contributed by atoms with Gasteiger partial charge in [0.1, 0.15) is 5.60 Å². The highest BCUT2D eigenvalue weighted by Gasteiger charge is 2.27. The smallest absolute Gasteiger partial charge is 0.407 e. The highest BCUT2D eigenvalue weighted by Crippen LogP contribution is 2.19. The van der Waals surface area contributed by atoms with Gasteiger partial charge in [0.25, 0.3) is 5.91 Å². The molecule has 1 aliphatic heterocycles. The monoisotopic (exact) mass is 408 g/mol. The summed E-state index contributed by atoms with van der Waals surface area (Å²) < 4.78 is 5.33. The summed E-state index contributed by atoms with van der Waals surface area (Å²) in [5, 5.41) is 2.93. The lowest BCUT2D eigenvalue weighted by atomic mass is 9.98. The molecule has 2 aromatic rings. The van der Waals surface area contributed by atoms with E-state index in [9.17, 15) is 9.59 Å². The van der Waals surface area contributed by atoms with E-state index in [1.54, 1.807) is 0 Å². The molecule has 1 heterocycles.